The van der Waals surface area contributed by atoms with E-state index < -0.39 is 45.8 Å². The Labute approximate surface area is 106 Å². The molecule has 1 saturated heterocycles. The van der Waals surface area contributed by atoms with Crippen LogP contribution in [0.2, 0.25) is 0 Å². The molecule has 0 aromatic rings. The molecule has 1 N–H and O–H groups in total. The van der Waals surface area contributed by atoms with E-state index in [4.69, 9.17) is 14.0 Å². The molecule has 0 spiro atoms. The van der Waals surface area contributed by atoms with Gasteiger partial charge >= 0.3 is 10.4 Å². The normalized spacial score (nSPS) is 33.8. The number of hydrogen-bond donors (Lipinski definition) is 2. The SMILES string of the molecule is COC1COC(C)C(OS(=O)(=O)O)C1O[SH](=O)=O. The van der Waals surface area contributed by atoms with E-state index in [0.717, 1.165) is 0 Å². The van der Waals surface area contributed by atoms with Gasteiger partial charge < -0.3 is 9.47 Å². The second kappa shape index (κ2) is 6.23. The Bertz CT molecular complexity index is 434. The van der Waals surface area contributed by atoms with Crippen LogP contribution in [0.15, 0.2) is 0 Å². The molecular formula is C7H14O9S2. The van der Waals surface area contributed by atoms with E-state index >= 15 is 0 Å². The molecule has 108 valence electrons. The highest BCUT2D eigenvalue weighted by molar-refractivity contribution is 7.80. The third-order valence-corrected chi connectivity index (χ3v) is 3.30. The van der Waals surface area contributed by atoms with Gasteiger partial charge in [-0.3, -0.25) is 8.74 Å². The van der Waals surface area contributed by atoms with E-state index in [9.17, 15) is 16.8 Å². The lowest BCUT2D eigenvalue weighted by Gasteiger charge is -2.37. The first-order valence-corrected chi connectivity index (χ1v) is 7.32. The lowest BCUT2D eigenvalue weighted by Crippen LogP contribution is -2.55. The molecule has 0 saturated carbocycles. The van der Waals surface area contributed by atoms with Crippen molar-refractivity contribution in [1.82, 2.24) is 0 Å². The standard InChI is InChI=1S/C7H14O9S2/c1-4-6(16-18(10,11)12)7(15-17(8)9)5(13-2)3-14-4/h4-7,17H,3H2,1-2H3,(H,10,11,12). The quantitative estimate of drug-likeness (QED) is 0.462. The first-order valence-electron chi connectivity index (χ1n) is 4.86. The summed E-state index contributed by atoms with van der Waals surface area (Å²) in [5.74, 6) is 0. The van der Waals surface area contributed by atoms with Crippen molar-refractivity contribution in [3.63, 3.8) is 0 Å². The molecule has 1 heterocycles. The smallest absolute Gasteiger partial charge is 0.376 e. The minimum Gasteiger partial charge on any atom is -0.376 e. The molecule has 18 heavy (non-hydrogen) atoms. The Balaban J connectivity index is 2.96. The number of thiol groups is 1. The molecule has 11 heteroatoms. The van der Waals surface area contributed by atoms with Crippen molar-refractivity contribution < 1.29 is 39.2 Å². The Morgan fingerprint density at radius 2 is 1.94 bits per heavy atom. The third kappa shape index (κ3) is 4.42. The molecule has 0 aromatic heterocycles. The second-order valence-corrected chi connectivity index (χ2v) is 5.30. The Hall–Kier alpha value is -0.300. The van der Waals surface area contributed by atoms with Crippen molar-refractivity contribution in [2.75, 3.05) is 13.7 Å². The van der Waals surface area contributed by atoms with Crippen LogP contribution in [0.4, 0.5) is 0 Å². The summed E-state index contributed by atoms with van der Waals surface area (Å²) < 4.78 is 70.3. The minimum atomic E-state index is -4.77. The van der Waals surface area contributed by atoms with Gasteiger partial charge in [-0.15, -0.1) is 0 Å². The Morgan fingerprint density at radius 3 is 2.39 bits per heavy atom. The van der Waals surface area contributed by atoms with E-state index in [1.54, 1.807) is 0 Å². The topological polar surface area (TPSA) is 125 Å². The zero-order valence-corrected chi connectivity index (χ0v) is 11.3. The van der Waals surface area contributed by atoms with Crippen LogP contribution in [-0.4, -0.2) is 59.5 Å². The van der Waals surface area contributed by atoms with Crippen LogP contribution < -0.4 is 0 Å². The molecule has 0 aromatic carbocycles. The Morgan fingerprint density at radius 1 is 1.33 bits per heavy atom. The second-order valence-electron chi connectivity index (χ2n) is 3.59. The molecule has 0 amide bonds. The van der Waals surface area contributed by atoms with E-state index in [1.807, 2.05) is 0 Å². The summed E-state index contributed by atoms with van der Waals surface area (Å²) in [4.78, 5) is 0. The lowest BCUT2D eigenvalue weighted by atomic mass is 10.0. The summed E-state index contributed by atoms with van der Waals surface area (Å²) in [5, 5.41) is 0. The average molecular weight is 306 g/mol. The van der Waals surface area contributed by atoms with Gasteiger partial charge in [0.1, 0.15) is 18.3 Å². The Kier molecular flexibility index (Phi) is 5.46. The van der Waals surface area contributed by atoms with Gasteiger partial charge in [0.25, 0.3) is 11.0 Å². The molecule has 4 unspecified atom stereocenters. The molecule has 1 aliphatic heterocycles. The predicted octanol–water partition coefficient (Wildman–Crippen LogP) is -1.48. The number of hydrogen-bond acceptors (Lipinski definition) is 8. The highest BCUT2D eigenvalue weighted by Crippen LogP contribution is 2.24. The summed E-state index contributed by atoms with van der Waals surface area (Å²) in [6.07, 6.45) is -4.17. The highest BCUT2D eigenvalue weighted by Gasteiger charge is 2.43. The van der Waals surface area contributed by atoms with Crippen LogP contribution in [-0.2, 0) is 39.2 Å². The van der Waals surface area contributed by atoms with Crippen molar-refractivity contribution in [2.24, 2.45) is 0 Å². The summed E-state index contributed by atoms with van der Waals surface area (Å²) in [5.41, 5.74) is 0. The van der Waals surface area contributed by atoms with Crippen LogP contribution >= 0.6 is 0 Å². The molecule has 0 radical (unpaired) electrons. The largest absolute Gasteiger partial charge is 0.397 e. The van der Waals surface area contributed by atoms with Gasteiger partial charge in [0.2, 0.25) is 0 Å². The highest BCUT2D eigenvalue weighted by atomic mass is 32.3. The van der Waals surface area contributed by atoms with Gasteiger partial charge in [-0.05, 0) is 6.92 Å². The van der Waals surface area contributed by atoms with Gasteiger partial charge in [0, 0.05) is 7.11 Å². The maximum atomic E-state index is 10.7. The van der Waals surface area contributed by atoms with Gasteiger partial charge in [-0.1, -0.05) is 0 Å². The fraction of sp³-hybridized carbons (Fsp3) is 1.00. The maximum Gasteiger partial charge on any atom is 0.397 e. The van der Waals surface area contributed by atoms with E-state index in [1.165, 1.54) is 14.0 Å². The van der Waals surface area contributed by atoms with Gasteiger partial charge in [-0.25, -0.2) is 12.6 Å². The zero-order valence-electron chi connectivity index (χ0n) is 9.59. The molecule has 0 bridgehead atoms. The number of ether oxygens (including phenoxy) is 2. The van der Waals surface area contributed by atoms with Crippen molar-refractivity contribution in [3.05, 3.63) is 0 Å². The van der Waals surface area contributed by atoms with Crippen molar-refractivity contribution in [1.29, 1.82) is 0 Å². The summed E-state index contributed by atoms with van der Waals surface area (Å²) >= 11 is 0. The number of rotatable bonds is 5. The average Bonchev–Trinajstić information content (AvgIpc) is 2.21. The van der Waals surface area contributed by atoms with Crippen molar-refractivity contribution in [2.45, 2.75) is 31.3 Å². The summed E-state index contributed by atoms with van der Waals surface area (Å²) in [7, 11) is -6.72. The van der Waals surface area contributed by atoms with Crippen LogP contribution in [0.3, 0.4) is 0 Å². The minimum absolute atomic E-state index is 0.0108. The van der Waals surface area contributed by atoms with Crippen LogP contribution in [0, 0.1) is 0 Å². The molecule has 1 aliphatic rings. The van der Waals surface area contributed by atoms with Crippen LogP contribution in [0.1, 0.15) is 6.92 Å². The van der Waals surface area contributed by atoms with Crippen LogP contribution in [0.25, 0.3) is 0 Å². The molecule has 9 nitrogen and oxygen atoms in total. The zero-order chi connectivity index (χ0) is 13.9. The lowest BCUT2D eigenvalue weighted by molar-refractivity contribution is -0.171. The fourth-order valence-corrected chi connectivity index (χ4v) is 2.62. The van der Waals surface area contributed by atoms with Crippen LogP contribution in [0.5, 0.6) is 0 Å². The molecule has 4 atom stereocenters. The predicted molar refractivity (Wildman–Crippen MR) is 57.8 cm³/mol. The fourth-order valence-electron chi connectivity index (χ4n) is 1.62. The van der Waals surface area contributed by atoms with Crippen molar-refractivity contribution >= 4 is 21.4 Å². The van der Waals surface area contributed by atoms with Gasteiger partial charge in [0.05, 0.1) is 12.7 Å². The molecule has 1 rings (SSSR count). The van der Waals surface area contributed by atoms with E-state index in [0.29, 0.717) is 0 Å². The maximum absolute atomic E-state index is 10.7. The van der Waals surface area contributed by atoms with E-state index in [-0.39, 0.29) is 6.61 Å². The van der Waals surface area contributed by atoms with E-state index in [2.05, 4.69) is 8.37 Å². The molecule has 0 aliphatic carbocycles. The first kappa shape index (κ1) is 15.8. The molecular weight excluding hydrogens is 292 g/mol. The van der Waals surface area contributed by atoms with Crippen molar-refractivity contribution in [3.8, 4) is 0 Å². The summed E-state index contributed by atoms with van der Waals surface area (Å²) in [6.45, 7) is 1.47. The first-order chi connectivity index (χ1) is 8.24. The monoisotopic (exact) mass is 306 g/mol. The van der Waals surface area contributed by atoms with Gasteiger partial charge in [-0.2, -0.15) is 8.42 Å². The van der Waals surface area contributed by atoms with Gasteiger partial charge in [0.15, 0.2) is 0 Å². The number of methoxy groups -OCH3 is 1. The summed E-state index contributed by atoms with van der Waals surface area (Å²) in [6, 6.07) is 0. The third-order valence-electron chi connectivity index (χ3n) is 2.42. The molecule has 1 fully saturated rings.